The Morgan fingerprint density at radius 2 is 2.24 bits per heavy atom. The van der Waals surface area contributed by atoms with Gasteiger partial charge in [0.15, 0.2) is 0 Å². The van der Waals surface area contributed by atoms with E-state index in [4.69, 9.17) is 0 Å². The predicted octanol–water partition coefficient (Wildman–Crippen LogP) is 4.06. The van der Waals surface area contributed by atoms with Gasteiger partial charge in [0.25, 0.3) is 0 Å². The molecule has 1 aliphatic carbocycles. The van der Waals surface area contributed by atoms with Gasteiger partial charge in [-0.05, 0) is 48.2 Å². The minimum Gasteiger partial charge on any atom is -0.314 e. The molecule has 2 aromatic rings. The van der Waals surface area contributed by atoms with E-state index in [9.17, 15) is 0 Å². The first-order valence-corrected chi connectivity index (χ1v) is 7.17. The Kier molecular flexibility index (Phi) is 3.25. The van der Waals surface area contributed by atoms with Gasteiger partial charge in [0, 0.05) is 10.7 Å². The molecule has 1 saturated carbocycles. The van der Waals surface area contributed by atoms with Crippen molar-refractivity contribution in [3.8, 4) is 0 Å². The van der Waals surface area contributed by atoms with Gasteiger partial charge in [-0.1, -0.05) is 30.4 Å². The minimum atomic E-state index is 0.823. The smallest absolute Gasteiger partial charge is 0.0414 e. The van der Waals surface area contributed by atoms with Gasteiger partial charge in [0.1, 0.15) is 0 Å². The molecule has 3 rings (SSSR count). The highest BCUT2D eigenvalue weighted by Crippen LogP contribution is 2.25. The Morgan fingerprint density at radius 1 is 1.29 bits per heavy atom. The van der Waals surface area contributed by atoms with E-state index >= 15 is 0 Å². The highest BCUT2D eigenvalue weighted by atomic mass is 32.1. The van der Waals surface area contributed by atoms with Crippen LogP contribution in [-0.2, 0) is 0 Å². The molecule has 0 spiro atoms. The van der Waals surface area contributed by atoms with Crippen LogP contribution in [0.1, 0.15) is 24.8 Å². The van der Waals surface area contributed by atoms with Crippen molar-refractivity contribution in [3.63, 3.8) is 0 Å². The lowest BCUT2D eigenvalue weighted by molar-refractivity contribution is 0.691. The van der Waals surface area contributed by atoms with Crippen LogP contribution in [0.3, 0.4) is 0 Å². The molecule has 88 valence electrons. The zero-order chi connectivity index (χ0) is 11.5. The van der Waals surface area contributed by atoms with Crippen LogP contribution in [0.4, 0.5) is 0 Å². The summed E-state index contributed by atoms with van der Waals surface area (Å²) in [6.45, 7) is 1.11. The molecular weight excluding hydrogens is 226 g/mol. The Bertz CT molecular complexity index is 522. The quantitative estimate of drug-likeness (QED) is 0.781. The number of thiophene rings is 1. The number of nitrogens with one attached hydrogen (secondary N) is 1. The van der Waals surface area contributed by atoms with Gasteiger partial charge < -0.3 is 5.32 Å². The molecule has 0 aliphatic heterocycles. The number of hydrogen-bond donors (Lipinski definition) is 1. The van der Waals surface area contributed by atoms with Gasteiger partial charge in [-0.3, -0.25) is 0 Å². The zero-order valence-electron chi connectivity index (χ0n) is 9.86. The third-order valence-corrected chi connectivity index (χ3v) is 4.11. The summed E-state index contributed by atoms with van der Waals surface area (Å²) >= 11 is 1.83. The van der Waals surface area contributed by atoms with Gasteiger partial charge >= 0.3 is 0 Å². The van der Waals surface area contributed by atoms with Crippen LogP contribution in [0.5, 0.6) is 0 Å². The summed E-state index contributed by atoms with van der Waals surface area (Å²) in [5.74, 6) is 0. The lowest BCUT2D eigenvalue weighted by Crippen LogP contribution is -2.16. The molecule has 0 saturated heterocycles. The Morgan fingerprint density at radius 3 is 3.12 bits per heavy atom. The van der Waals surface area contributed by atoms with Gasteiger partial charge in [0.05, 0.1) is 0 Å². The SMILES string of the molecule is C(=C\c1cccc2ccsc12)/CCNC1CC1. The molecule has 2 heteroatoms. The molecule has 0 radical (unpaired) electrons. The van der Waals surface area contributed by atoms with E-state index in [1.165, 1.54) is 28.5 Å². The first-order valence-electron chi connectivity index (χ1n) is 6.29. The third kappa shape index (κ3) is 2.76. The lowest BCUT2D eigenvalue weighted by atomic mass is 10.1. The van der Waals surface area contributed by atoms with Gasteiger partial charge in [-0.15, -0.1) is 11.3 Å². The Balaban J connectivity index is 1.62. The number of benzene rings is 1. The number of fused-ring (bicyclic) bond motifs is 1. The maximum absolute atomic E-state index is 3.53. The fraction of sp³-hybridized carbons (Fsp3) is 0.333. The number of hydrogen-bond acceptors (Lipinski definition) is 2. The molecule has 0 bridgehead atoms. The summed E-state index contributed by atoms with van der Waals surface area (Å²) in [5, 5.41) is 7.04. The standard InChI is InChI=1S/C15H17NS/c1(2-10-16-14-7-8-14)4-12-5-3-6-13-9-11-17-15(12)13/h1,3-6,9,11,14,16H,2,7-8,10H2/b4-1+. The van der Waals surface area contributed by atoms with Gasteiger partial charge in [0.2, 0.25) is 0 Å². The van der Waals surface area contributed by atoms with E-state index in [0.717, 1.165) is 19.0 Å². The van der Waals surface area contributed by atoms with E-state index < -0.39 is 0 Å². The van der Waals surface area contributed by atoms with Gasteiger partial charge in [-0.25, -0.2) is 0 Å². The Hall–Kier alpha value is -1.12. The largest absolute Gasteiger partial charge is 0.314 e. The molecule has 1 heterocycles. The van der Waals surface area contributed by atoms with Crippen molar-refractivity contribution in [2.24, 2.45) is 0 Å². The van der Waals surface area contributed by atoms with Crippen LogP contribution < -0.4 is 5.32 Å². The summed E-state index contributed by atoms with van der Waals surface area (Å²) in [5.41, 5.74) is 1.35. The van der Waals surface area contributed by atoms with E-state index in [0.29, 0.717) is 0 Å². The van der Waals surface area contributed by atoms with E-state index in [1.807, 2.05) is 11.3 Å². The van der Waals surface area contributed by atoms with Crippen LogP contribution in [0.25, 0.3) is 16.2 Å². The highest BCUT2D eigenvalue weighted by molar-refractivity contribution is 7.17. The van der Waals surface area contributed by atoms with Crippen molar-refractivity contribution in [1.29, 1.82) is 0 Å². The maximum atomic E-state index is 3.53. The first kappa shape index (κ1) is 11.0. The van der Waals surface area contributed by atoms with Crippen LogP contribution in [-0.4, -0.2) is 12.6 Å². The first-order chi connectivity index (χ1) is 8.43. The Labute approximate surface area is 106 Å². The molecular formula is C15H17NS. The third-order valence-electron chi connectivity index (χ3n) is 3.13. The second kappa shape index (κ2) is 5.03. The van der Waals surface area contributed by atoms with Crippen molar-refractivity contribution in [1.82, 2.24) is 5.32 Å². The van der Waals surface area contributed by atoms with Gasteiger partial charge in [-0.2, -0.15) is 0 Å². The second-order valence-corrected chi connectivity index (χ2v) is 5.52. The summed E-state index contributed by atoms with van der Waals surface area (Å²) < 4.78 is 1.40. The van der Waals surface area contributed by atoms with Crippen LogP contribution in [0.2, 0.25) is 0 Å². The molecule has 1 fully saturated rings. The molecule has 1 aliphatic rings. The number of rotatable bonds is 5. The predicted molar refractivity (Wildman–Crippen MR) is 76.5 cm³/mol. The summed E-state index contributed by atoms with van der Waals surface area (Å²) in [6, 6.07) is 9.52. The molecule has 0 amide bonds. The van der Waals surface area contributed by atoms with E-state index in [2.05, 4.69) is 47.1 Å². The van der Waals surface area contributed by atoms with Crippen molar-refractivity contribution in [2.75, 3.05) is 6.54 Å². The second-order valence-electron chi connectivity index (χ2n) is 4.61. The topological polar surface area (TPSA) is 12.0 Å². The van der Waals surface area contributed by atoms with Crippen molar-refractivity contribution >= 4 is 27.5 Å². The van der Waals surface area contributed by atoms with Crippen LogP contribution in [0, 0.1) is 0 Å². The molecule has 1 N–H and O–H groups in total. The molecule has 0 unspecified atom stereocenters. The van der Waals surface area contributed by atoms with E-state index in [-0.39, 0.29) is 0 Å². The van der Waals surface area contributed by atoms with Crippen molar-refractivity contribution < 1.29 is 0 Å². The van der Waals surface area contributed by atoms with Crippen LogP contribution >= 0.6 is 11.3 Å². The fourth-order valence-corrected chi connectivity index (χ4v) is 2.91. The van der Waals surface area contributed by atoms with E-state index in [1.54, 1.807) is 0 Å². The summed E-state index contributed by atoms with van der Waals surface area (Å²) in [6.07, 6.45) is 8.41. The summed E-state index contributed by atoms with van der Waals surface area (Å²) in [7, 11) is 0. The average molecular weight is 243 g/mol. The fourth-order valence-electron chi connectivity index (χ4n) is 2.02. The molecule has 1 aromatic heterocycles. The normalized spacial score (nSPS) is 16.0. The summed E-state index contributed by atoms with van der Waals surface area (Å²) in [4.78, 5) is 0. The average Bonchev–Trinajstić information content (AvgIpc) is 3.04. The lowest BCUT2D eigenvalue weighted by Gasteiger charge is -1.98. The highest BCUT2D eigenvalue weighted by Gasteiger charge is 2.19. The molecule has 1 aromatic carbocycles. The van der Waals surface area contributed by atoms with Crippen molar-refractivity contribution in [2.45, 2.75) is 25.3 Å². The molecule has 17 heavy (non-hydrogen) atoms. The molecule has 0 atom stereocenters. The zero-order valence-corrected chi connectivity index (χ0v) is 10.7. The molecule has 1 nitrogen and oxygen atoms in total. The minimum absolute atomic E-state index is 0.823. The van der Waals surface area contributed by atoms with Crippen molar-refractivity contribution in [3.05, 3.63) is 41.3 Å². The maximum Gasteiger partial charge on any atom is 0.0414 e. The monoisotopic (exact) mass is 243 g/mol. The van der Waals surface area contributed by atoms with Crippen LogP contribution in [0.15, 0.2) is 35.7 Å².